The molecule has 2 fully saturated rings. The predicted molar refractivity (Wildman–Crippen MR) is 121 cm³/mol. The second-order valence-corrected chi connectivity index (χ2v) is 10.2. The zero-order valence-electron chi connectivity index (χ0n) is 19.2. The molecule has 1 aromatic heterocycles. The van der Waals surface area contributed by atoms with Gasteiger partial charge in [-0.15, -0.1) is 0 Å². The van der Waals surface area contributed by atoms with Crippen molar-refractivity contribution in [3.8, 4) is 5.75 Å². The monoisotopic (exact) mass is 440 g/mol. The summed E-state index contributed by atoms with van der Waals surface area (Å²) in [5, 5.41) is 11.6. The van der Waals surface area contributed by atoms with E-state index in [9.17, 15) is 14.7 Å². The number of fused-ring (bicyclic) bond motifs is 2. The van der Waals surface area contributed by atoms with E-state index in [-0.39, 0.29) is 29.3 Å². The van der Waals surface area contributed by atoms with E-state index in [0.717, 1.165) is 17.4 Å². The molecule has 5 atom stereocenters. The van der Waals surface area contributed by atoms with Gasteiger partial charge in [-0.05, 0) is 41.9 Å². The van der Waals surface area contributed by atoms with Gasteiger partial charge in [-0.2, -0.15) is 0 Å². The number of ether oxygens (including phenoxy) is 2. The third kappa shape index (κ3) is 3.85. The third-order valence-electron chi connectivity index (χ3n) is 7.78. The lowest BCUT2D eigenvalue weighted by atomic mass is 9.46. The fourth-order valence-electron chi connectivity index (χ4n) is 6.25. The molecular weight excluding hydrogens is 408 g/mol. The molecule has 172 valence electrons. The molecule has 0 spiro atoms. The van der Waals surface area contributed by atoms with Gasteiger partial charge in [-0.1, -0.05) is 32.9 Å². The summed E-state index contributed by atoms with van der Waals surface area (Å²) in [5.74, 6) is 0.311. The van der Waals surface area contributed by atoms with Crippen LogP contribution in [0.5, 0.6) is 5.75 Å². The Kier molecular flexibility index (Phi) is 5.70. The van der Waals surface area contributed by atoms with Gasteiger partial charge >= 0.3 is 11.6 Å². The number of benzene rings is 1. The Bertz CT molecular complexity index is 1100. The normalized spacial score (nSPS) is 31.7. The molecule has 1 N–H and O–H groups in total. The SMILES string of the molecule is C=C1CC(OC(C)=O)C2C(C)(C)C(O)CCC2(C)C1COc1ccc2ccc(=O)oc2c1. The first kappa shape index (κ1) is 22.6. The van der Waals surface area contributed by atoms with Crippen molar-refractivity contribution in [2.45, 2.75) is 59.2 Å². The number of rotatable bonds is 4. The Morgan fingerprint density at radius 3 is 2.69 bits per heavy atom. The maximum Gasteiger partial charge on any atom is 0.336 e. The van der Waals surface area contributed by atoms with Crippen LogP contribution in [0, 0.1) is 22.7 Å². The second-order valence-electron chi connectivity index (χ2n) is 10.2. The van der Waals surface area contributed by atoms with Crippen LogP contribution in [0.25, 0.3) is 11.0 Å². The lowest BCUT2D eigenvalue weighted by Gasteiger charge is -2.61. The highest BCUT2D eigenvalue weighted by Crippen LogP contribution is 2.61. The Hall–Kier alpha value is -2.60. The molecule has 5 unspecified atom stereocenters. The highest BCUT2D eigenvalue weighted by molar-refractivity contribution is 5.77. The van der Waals surface area contributed by atoms with Crippen molar-refractivity contribution >= 4 is 16.9 Å². The molecule has 0 amide bonds. The summed E-state index contributed by atoms with van der Waals surface area (Å²) < 4.78 is 17.2. The lowest BCUT2D eigenvalue weighted by molar-refractivity contribution is -0.191. The number of hydrogen-bond acceptors (Lipinski definition) is 6. The Balaban J connectivity index is 1.63. The average Bonchev–Trinajstić information content (AvgIpc) is 2.69. The molecule has 32 heavy (non-hydrogen) atoms. The van der Waals surface area contributed by atoms with Crippen LogP contribution in [0.2, 0.25) is 0 Å². The van der Waals surface area contributed by atoms with E-state index in [1.165, 1.54) is 13.0 Å². The summed E-state index contributed by atoms with van der Waals surface area (Å²) in [5.41, 5.74) is 0.415. The van der Waals surface area contributed by atoms with Crippen LogP contribution in [0.15, 0.2) is 51.7 Å². The van der Waals surface area contributed by atoms with Gasteiger partial charge in [0, 0.05) is 42.7 Å². The first-order valence-electron chi connectivity index (χ1n) is 11.2. The van der Waals surface area contributed by atoms with Crippen LogP contribution in [0.4, 0.5) is 0 Å². The van der Waals surface area contributed by atoms with Crippen LogP contribution in [0.3, 0.4) is 0 Å². The molecule has 0 bridgehead atoms. The van der Waals surface area contributed by atoms with Crippen molar-refractivity contribution in [2.75, 3.05) is 6.61 Å². The molecule has 6 nitrogen and oxygen atoms in total. The van der Waals surface area contributed by atoms with Crippen molar-refractivity contribution in [3.63, 3.8) is 0 Å². The van der Waals surface area contributed by atoms with E-state index in [1.807, 2.05) is 12.1 Å². The van der Waals surface area contributed by atoms with Gasteiger partial charge in [0.1, 0.15) is 17.4 Å². The minimum Gasteiger partial charge on any atom is -0.493 e. The van der Waals surface area contributed by atoms with Gasteiger partial charge < -0.3 is 19.0 Å². The maximum absolute atomic E-state index is 11.8. The van der Waals surface area contributed by atoms with Crippen LogP contribution < -0.4 is 10.4 Å². The molecule has 2 aliphatic rings. The smallest absolute Gasteiger partial charge is 0.336 e. The summed E-state index contributed by atoms with van der Waals surface area (Å²) in [7, 11) is 0. The summed E-state index contributed by atoms with van der Waals surface area (Å²) >= 11 is 0. The standard InChI is InChI=1S/C26H32O6/c1-15-12-21(31-16(2)27)24-25(3,4)22(28)10-11-26(24,5)19(15)14-30-18-8-6-17-7-9-23(29)32-20(17)13-18/h6-9,13,19,21-22,24,28H,1,10-12,14H2,2-5H3. The number of carbonyl (C=O) groups excluding carboxylic acids is 1. The third-order valence-corrected chi connectivity index (χ3v) is 7.78. The number of esters is 1. The summed E-state index contributed by atoms with van der Waals surface area (Å²) in [6, 6.07) is 8.59. The van der Waals surface area contributed by atoms with Crippen LogP contribution in [-0.4, -0.2) is 29.9 Å². The first-order chi connectivity index (χ1) is 15.0. The van der Waals surface area contributed by atoms with Gasteiger partial charge in [-0.25, -0.2) is 4.79 Å². The minimum absolute atomic E-state index is 0.0311. The van der Waals surface area contributed by atoms with Crippen molar-refractivity contribution in [1.29, 1.82) is 0 Å². The minimum atomic E-state index is -0.463. The highest BCUT2D eigenvalue weighted by Gasteiger charge is 2.60. The van der Waals surface area contributed by atoms with E-state index in [2.05, 4.69) is 27.4 Å². The number of carbonyl (C=O) groups is 1. The molecule has 2 aliphatic carbocycles. The van der Waals surface area contributed by atoms with E-state index in [0.29, 0.717) is 30.8 Å². The molecule has 6 heteroatoms. The largest absolute Gasteiger partial charge is 0.493 e. The molecule has 2 aromatic rings. The van der Waals surface area contributed by atoms with Gasteiger partial charge in [-0.3, -0.25) is 4.79 Å². The molecular formula is C26H32O6. The molecule has 0 radical (unpaired) electrons. The summed E-state index contributed by atoms with van der Waals surface area (Å²) in [6.07, 6.45) is 1.24. The average molecular weight is 441 g/mol. The topological polar surface area (TPSA) is 86.0 Å². The molecule has 4 rings (SSSR count). The fourth-order valence-corrected chi connectivity index (χ4v) is 6.25. The van der Waals surface area contributed by atoms with Crippen LogP contribution in [0.1, 0.15) is 47.0 Å². The zero-order chi connectivity index (χ0) is 23.3. The Morgan fingerprint density at radius 1 is 1.25 bits per heavy atom. The van der Waals surface area contributed by atoms with E-state index in [4.69, 9.17) is 13.9 Å². The van der Waals surface area contributed by atoms with Crippen LogP contribution in [-0.2, 0) is 9.53 Å². The summed E-state index contributed by atoms with van der Waals surface area (Å²) in [4.78, 5) is 23.4. The van der Waals surface area contributed by atoms with Gasteiger partial charge in [0.15, 0.2) is 0 Å². The number of aliphatic hydroxyl groups is 1. The molecule has 2 saturated carbocycles. The van der Waals surface area contributed by atoms with Crippen LogP contribution >= 0.6 is 0 Å². The second kappa shape index (κ2) is 8.07. The van der Waals surface area contributed by atoms with E-state index < -0.39 is 17.1 Å². The van der Waals surface area contributed by atoms with E-state index >= 15 is 0 Å². The Morgan fingerprint density at radius 2 is 1.97 bits per heavy atom. The zero-order valence-corrected chi connectivity index (χ0v) is 19.2. The molecule has 0 saturated heterocycles. The highest BCUT2D eigenvalue weighted by atomic mass is 16.5. The molecule has 1 heterocycles. The molecule has 0 aliphatic heterocycles. The Labute approximate surface area is 188 Å². The first-order valence-corrected chi connectivity index (χ1v) is 11.2. The van der Waals surface area contributed by atoms with E-state index in [1.54, 1.807) is 12.1 Å². The predicted octanol–water partition coefficient (Wildman–Crippen LogP) is 4.48. The van der Waals surface area contributed by atoms with Crippen molar-refractivity contribution in [2.24, 2.45) is 22.7 Å². The quantitative estimate of drug-likeness (QED) is 0.429. The fraction of sp³-hybridized carbons (Fsp3) is 0.538. The number of aliphatic hydroxyl groups excluding tert-OH is 1. The maximum atomic E-state index is 11.8. The lowest BCUT2D eigenvalue weighted by Crippen LogP contribution is -2.61. The van der Waals surface area contributed by atoms with Gasteiger partial charge in [0.2, 0.25) is 0 Å². The van der Waals surface area contributed by atoms with Crippen molar-refractivity contribution < 1.29 is 23.8 Å². The van der Waals surface area contributed by atoms with Crippen molar-refractivity contribution in [1.82, 2.24) is 0 Å². The summed E-state index contributed by atoms with van der Waals surface area (Å²) in [6.45, 7) is 12.5. The van der Waals surface area contributed by atoms with Crippen molar-refractivity contribution in [3.05, 3.63) is 52.9 Å². The van der Waals surface area contributed by atoms with Gasteiger partial charge in [0.05, 0.1) is 12.7 Å². The number of hydrogen-bond donors (Lipinski definition) is 1. The van der Waals surface area contributed by atoms with Gasteiger partial charge in [0.25, 0.3) is 0 Å². The molecule has 1 aromatic carbocycles.